The molecule has 8 nitrogen and oxygen atoms in total. The number of aryl methyl sites for hydroxylation is 2. The fraction of sp³-hybridized carbons (Fsp3) is 0.250. The first-order chi connectivity index (χ1) is 13.9. The smallest absolute Gasteiger partial charge is 0.390 e. The van der Waals surface area contributed by atoms with Gasteiger partial charge >= 0.3 is 5.76 Å². The van der Waals surface area contributed by atoms with Crippen LogP contribution in [0.5, 0.6) is 0 Å². The second-order valence-corrected chi connectivity index (χ2v) is 6.83. The maximum atomic E-state index is 14.5. The number of nitrogens with zero attached hydrogens (tertiary/aromatic N) is 5. The van der Waals surface area contributed by atoms with E-state index in [2.05, 4.69) is 15.1 Å². The van der Waals surface area contributed by atoms with Gasteiger partial charge in [-0.1, -0.05) is 29.8 Å². The lowest BCUT2D eigenvalue weighted by atomic mass is 10.1. The number of halogens is 1. The molecule has 3 aromatic heterocycles. The van der Waals surface area contributed by atoms with Gasteiger partial charge in [0.25, 0.3) is 5.56 Å². The largest absolute Gasteiger partial charge is 0.437 e. The van der Waals surface area contributed by atoms with Gasteiger partial charge in [0.05, 0.1) is 11.9 Å². The number of rotatable bonds is 5. The average Bonchev–Trinajstić information content (AvgIpc) is 3.03. The Morgan fingerprint density at radius 2 is 1.86 bits per heavy atom. The topological polar surface area (TPSA) is 95.8 Å². The summed E-state index contributed by atoms with van der Waals surface area (Å²) in [5.74, 6) is -0.787. The Morgan fingerprint density at radius 3 is 2.62 bits per heavy atom. The highest BCUT2D eigenvalue weighted by molar-refractivity contribution is 5.76. The predicted octanol–water partition coefficient (Wildman–Crippen LogP) is 2.32. The highest BCUT2D eigenvalue weighted by Crippen LogP contribution is 2.19. The van der Waals surface area contributed by atoms with Gasteiger partial charge in [-0.15, -0.1) is 5.10 Å². The minimum atomic E-state index is -1.41. The van der Waals surface area contributed by atoms with Crippen LogP contribution in [0.15, 0.2) is 56.9 Å². The average molecular weight is 395 g/mol. The summed E-state index contributed by atoms with van der Waals surface area (Å²) < 4.78 is 21.8. The normalized spacial score (nSPS) is 12.4. The van der Waals surface area contributed by atoms with E-state index in [4.69, 9.17) is 4.42 Å². The van der Waals surface area contributed by atoms with Crippen LogP contribution in [0.4, 0.5) is 4.39 Å². The molecule has 0 saturated heterocycles. The minimum Gasteiger partial charge on any atom is -0.390 e. The van der Waals surface area contributed by atoms with E-state index in [0.29, 0.717) is 16.6 Å². The second kappa shape index (κ2) is 7.42. The van der Waals surface area contributed by atoms with Crippen LogP contribution in [0.3, 0.4) is 0 Å². The molecule has 0 saturated carbocycles. The van der Waals surface area contributed by atoms with E-state index in [9.17, 15) is 14.0 Å². The van der Waals surface area contributed by atoms with Crippen LogP contribution in [0.1, 0.15) is 28.8 Å². The predicted molar refractivity (Wildman–Crippen MR) is 103 cm³/mol. The first-order valence-corrected chi connectivity index (χ1v) is 9.00. The van der Waals surface area contributed by atoms with Gasteiger partial charge in [0.1, 0.15) is 19.0 Å². The first-order valence-electron chi connectivity index (χ1n) is 9.00. The molecule has 1 atom stereocenters. The van der Waals surface area contributed by atoms with Gasteiger partial charge in [-0.3, -0.25) is 9.36 Å². The molecule has 0 aliphatic rings. The molecule has 0 fully saturated rings. The Hall–Kier alpha value is -3.62. The van der Waals surface area contributed by atoms with Crippen molar-refractivity contribution < 1.29 is 8.81 Å². The number of aromatic nitrogens is 5. The van der Waals surface area contributed by atoms with Gasteiger partial charge in [-0.05, 0) is 31.0 Å². The summed E-state index contributed by atoms with van der Waals surface area (Å²) in [6.07, 6.45) is 1.49. The van der Waals surface area contributed by atoms with Gasteiger partial charge in [0.2, 0.25) is 5.89 Å². The molecule has 4 rings (SSSR count). The van der Waals surface area contributed by atoms with E-state index in [0.717, 1.165) is 15.8 Å². The molecule has 29 heavy (non-hydrogen) atoms. The Kier molecular flexibility index (Phi) is 4.79. The Morgan fingerprint density at radius 1 is 1.10 bits per heavy atom. The van der Waals surface area contributed by atoms with Crippen LogP contribution >= 0.6 is 0 Å². The molecule has 0 unspecified atom stereocenters. The van der Waals surface area contributed by atoms with Crippen LogP contribution < -0.4 is 11.3 Å². The molecule has 0 spiro atoms. The van der Waals surface area contributed by atoms with Crippen molar-refractivity contribution in [3.05, 3.63) is 86.3 Å². The maximum absolute atomic E-state index is 14.5. The van der Waals surface area contributed by atoms with Gasteiger partial charge in [0.15, 0.2) is 5.65 Å². The van der Waals surface area contributed by atoms with Gasteiger partial charge in [0, 0.05) is 6.20 Å². The molecule has 0 amide bonds. The molecule has 9 heteroatoms. The molecule has 1 aromatic carbocycles. The third-order valence-electron chi connectivity index (χ3n) is 4.66. The van der Waals surface area contributed by atoms with Gasteiger partial charge in [-0.2, -0.15) is 4.68 Å². The molecule has 148 valence electrons. The zero-order valence-corrected chi connectivity index (χ0v) is 15.9. The number of hydrogen-bond acceptors (Lipinski definition) is 6. The van der Waals surface area contributed by atoms with E-state index in [1.807, 2.05) is 6.92 Å². The standard InChI is InChI=1S/C20H18FN5O3/c1-12-3-5-14(6-4-12)15(21)9-26-20(28)29-16(24-26)10-25-11-23-18-17(19(25)27)13(2)7-8-22-18/h3-8,11,15H,9-10H2,1-2H3/t15-/m1/s1. The SMILES string of the molecule is Cc1ccc([C@H](F)Cn2nc(Cn3cnc4nccc(C)c4c3=O)oc2=O)cc1. The summed E-state index contributed by atoms with van der Waals surface area (Å²) in [5.41, 5.74) is 2.23. The quantitative estimate of drug-likeness (QED) is 0.515. The number of hydrogen-bond donors (Lipinski definition) is 0. The lowest BCUT2D eigenvalue weighted by Crippen LogP contribution is -2.22. The molecule has 0 aliphatic carbocycles. The molecule has 0 N–H and O–H groups in total. The van der Waals surface area contributed by atoms with Crippen LogP contribution in [0.2, 0.25) is 0 Å². The van der Waals surface area contributed by atoms with Crippen LogP contribution in [-0.4, -0.2) is 24.3 Å². The van der Waals surface area contributed by atoms with Crippen molar-refractivity contribution >= 4 is 11.0 Å². The molecule has 4 aromatic rings. The van der Waals surface area contributed by atoms with E-state index < -0.39 is 11.9 Å². The molecule has 0 aliphatic heterocycles. The van der Waals surface area contributed by atoms with Crippen molar-refractivity contribution in [2.75, 3.05) is 0 Å². The summed E-state index contributed by atoms with van der Waals surface area (Å²) in [6.45, 7) is 3.32. The lowest BCUT2D eigenvalue weighted by molar-refractivity contribution is 0.283. The Balaban J connectivity index is 1.59. The minimum absolute atomic E-state index is 0.00380. The van der Waals surface area contributed by atoms with Crippen molar-refractivity contribution in [3.63, 3.8) is 0 Å². The van der Waals surface area contributed by atoms with Crippen LogP contribution in [0.25, 0.3) is 11.0 Å². The fourth-order valence-electron chi connectivity index (χ4n) is 3.05. The lowest BCUT2D eigenvalue weighted by Gasteiger charge is -2.07. The van der Waals surface area contributed by atoms with E-state index in [-0.39, 0.29) is 24.5 Å². The molecular formula is C20H18FN5O3. The van der Waals surface area contributed by atoms with Crippen molar-refractivity contribution in [2.24, 2.45) is 0 Å². The van der Waals surface area contributed by atoms with Crippen molar-refractivity contribution in [2.45, 2.75) is 33.1 Å². The maximum Gasteiger partial charge on any atom is 0.437 e. The van der Waals surface area contributed by atoms with Crippen molar-refractivity contribution in [3.8, 4) is 0 Å². The number of benzene rings is 1. The highest BCUT2D eigenvalue weighted by Gasteiger charge is 2.17. The number of fused-ring (bicyclic) bond motifs is 1. The van der Waals surface area contributed by atoms with Crippen LogP contribution in [-0.2, 0) is 13.1 Å². The highest BCUT2D eigenvalue weighted by atomic mass is 19.1. The molecule has 3 heterocycles. The van der Waals surface area contributed by atoms with Gasteiger partial charge in [-0.25, -0.2) is 19.2 Å². The van der Waals surface area contributed by atoms with E-state index in [1.165, 1.54) is 10.9 Å². The second-order valence-electron chi connectivity index (χ2n) is 6.83. The summed E-state index contributed by atoms with van der Waals surface area (Å²) in [5, 5.41) is 4.41. The Labute approximate surface area is 164 Å². The van der Waals surface area contributed by atoms with Crippen molar-refractivity contribution in [1.82, 2.24) is 24.3 Å². The summed E-state index contributed by atoms with van der Waals surface area (Å²) in [6, 6.07) is 8.66. The number of pyridine rings is 1. The molecule has 0 radical (unpaired) electrons. The van der Waals surface area contributed by atoms with Crippen molar-refractivity contribution in [1.29, 1.82) is 0 Å². The molecular weight excluding hydrogens is 377 g/mol. The van der Waals surface area contributed by atoms with Gasteiger partial charge < -0.3 is 4.42 Å². The fourth-order valence-corrected chi connectivity index (χ4v) is 3.05. The van der Waals surface area contributed by atoms with E-state index in [1.54, 1.807) is 43.5 Å². The number of alkyl halides is 1. The first kappa shape index (κ1) is 18.7. The Bertz CT molecular complexity index is 1290. The zero-order chi connectivity index (χ0) is 20.5. The zero-order valence-electron chi connectivity index (χ0n) is 15.9. The monoisotopic (exact) mass is 395 g/mol. The summed E-state index contributed by atoms with van der Waals surface area (Å²) in [7, 11) is 0. The molecule has 0 bridgehead atoms. The summed E-state index contributed by atoms with van der Waals surface area (Å²) >= 11 is 0. The third-order valence-corrected chi connectivity index (χ3v) is 4.66. The van der Waals surface area contributed by atoms with Crippen LogP contribution in [0, 0.1) is 13.8 Å². The van der Waals surface area contributed by atoms with E-state index >= 15 is 0 Å². The summed E-state index contributed by atoms with van der Waals surface area (Å²) in [4.78, 5) is 33.0. The third kappa shape index (κ3) is 3.71.